The zero-order chi connectivity index (χ0) is 13.1. The number of nitrogen functional groups attached to an aromatic ring is 1. The van der Waals surface area contributed by atoms with E-state index in [4.69, 9.17) is 15.2 Å². The summed E-state index contributed by atoms with van der Waals surface area (Å²) in [7, 11) is 3.58. The Hall–Kier alpha value is -1.49. The van der Waals surface area contributed by atoms with Crippen molar-refractivity contribution in [3.05, 3.63) is 17.9 Å². The predicted molar refractivity (Wildman–Crippen MR) is 68.5 cm³/mol. The second-order valence-electron chi connectivity index (χ2n) is 4.65. The molecule has 0 aliphatic carbocycles. The van der Waals surface area contributed by atoms with Crippen molar-refractivity contribution in [1.82, 2.24) is 4.90 Å². The first-order valence-corrected chi connectivity index (χ1v) is 6.08. The monoisotopic (exact) mass is 254 g/mol. The minimum Gasteiger partial charge on any atom is -0.494 e. The minimum atomic E-state index is -0.438. The molecule has 0 atom stereocenters. The van der Waals surface area contributed by atoms with Crippen LogP contribution in [0.5, 0.6) is 11.5 Å². The summed E-state index contributed by atoms with van der Waals surface area (Å²) in [5.74, 6) is 0.224. The number of methoxy groups -OCH3 is 1. The molecule has 0 spiro atoms. The van der Waals surface area contributed by atoms with Crippen LogP contribution in [0.15, 0.2) is 12.1 Å². The van der Waals surface area contributed by atoms with E-state index in [-0.39, 0.29) is 17.5 Å². The fraction of sp³-hybridized carbons (Fsp3) is 0.538. The molecule has 0 bridgehead atoms. The summed E-state index contributed by atoms with van der Waals surface area (Å²) in [5.41, 5.74) is 5.91. The fourth-order valence-electron chi connectivity index (χ4n) is 2.10. The van der Waals surface area contributed by atoms with Crippen LogP contribution in [0.1, 0.15) is 12.8 Å². The Bertz CT molecular complexity index is 418. The lowest BCUT2D eigenvalue weighted by Crippen LogP contribution is -2.35. The number of benzene rings is 1. The summed E-state index contributed by atoms with van der Waals surface area (Å²) in [6.07, 6.45) is 1.87. The van der Waals surface area contributed by atoms with Crippen molar-refractivity contribution in [3.63, 3.8) is 0 Å². The van der Waals surface area contributed by atoms with Gasteiger partial charge in [-0.05, 0) is 19.9 Å². The Kier molecular flexibility index (Phi) is 3.91. The van der Waals surface area contributed by atoms with E-state index >= 15 is 0 Å². The van der Waals surface area contributed by atoms with Crippen LogP contribution >= 0.6 is 0 Å². The Labute approximate surface area is 106 Å². The third-order valence-electron chi connectivity index (χ3n) is 3.24. The van der Waals surface area contributed by atoms with Crippen molar-refractivity contribution in [2.24, 2.45) is 0 Å². The van der Waals surface area contributed by atoms with Crippen molar-refractivity contribution in [1.29, 1.82) is 0 Å². The second-order valence-corrected chi connectivity index (χ2v) is 4.65. The molecule has 5 heteroatoms. The van der Waals surface area contributed by atoms with E-state index in [2.05, 4.69) is 11.9 Å². The summed E-state index contributed by atoms with van der Waals surface area (Å²) >= 11 is 0. The normalized spacial score (nSPS) is 17.7. The number of rotatable bonds is 3. The number of nitrogens with two attached hydrogens (primary N) is 1. The molecule has 1 fully saturated rings. The number of hydrogen-bond donors (Lipinski definition) is 1. The van der Waals surface area contributed by atoms with E-state index < -0.39 is 5.82 Å². The van der Waals surface area contributed by atoms with E-state index in [0.29, 0.717) is 5.75 Å². The number of nitrogens with zero attached hydrogens (tertiary/aromatic N) is 1. The number of hydrogen-bond acceptors (Lipinski definition) is 4. The summed E-state index contributed by atoms with van der Waals surface area (Å²) < 4.78 is 24.5. The van der Waals surface area contributed by atoms with Crippen molar-refractivity contribution >= 4 is 5.69 Å². The van der Waals surface area contributed by atoms with Gasteiger partial charge in [0.25, 0.3) is 0 Å². The third-order valence-corrected chi connectivity index (χ3v) is 3.24. The lowest BCUT2D eigenvalue weighted by atomic mass is 10.1. The molecule has 1 aliphatic rings. The quantitative estimate of drug-likeness (QED) is 0.837. The van der Waals surface area contributed by atoms with Gasteiger partial charge in [-0.25, -0.2) is 4.39 Å². The van der Waals surface area contributed by atoms with Crippen LogP contribution in [-0.2, 0) is 0 Å². The lowest BCUT2D eigenvalue weighted by molar-refractivity contribution is 0.110. The number of likely N-dealkylation sites (tertiary alicyclic amines) is 1. The van der Waals surface area contributed by atoms with Crippen molar-refractivity contribution in [3.8, 4) is 11.5 Å². The molecule has 0 amide bonds. The minimum absolute atomic E-state index is 0.0593. The Balaban J connectivity index is 2.09. The summed E-state index contributed by atoms with van der Waals surface area (Å²) in [6.45, 7) is 1.94. The van der Waals surface area contributed by atoms with E-state index in [1.165, 1.54) is 19.2 Å². The average molecular weight is 254 g/mol. The molecule has 1 saturated heterocycles. The molecule has 1 aliphatic heterocycles. The SMILES string of the molecule is COc1cc(OC2CCN(C)CC2)c(F)cc1N. The molecule has 1 heterocycles. The molecule has 0 aromatic heterocycles. The molecule has 18 heavy (non-hydrogen) atoms. The molecular weight excluding hydrogens is 235 g/mol. The highest BCUT2D eigenvalue weighted by Crippen LogP contribution is 2.31. The maximum absolute atomic E-state index is 13.7. The van der Waals surface area contributed by atoms with Crippen LogP contribution in [0.4, 0.5) is 10.1 Å². The van der Waals surface area contributed by atoms with Gasteiger partial charge in [0.15, 0.2) is 11.6 Å². The van der Waals surface area contributed by atoms with Gasteiger partial charge in [0.1, 0.15) is 11.9 Å². The third kappa shape index (κ3) is 2.85. The van der Waals surface area contributed by atoms with Gasteiger partial charge in [0, 0.05) is 25.2 Å². The first-order chi connectivity index (χ1) is 8.60. The standard InChI is InChI=1S/C13H19FN2O2/c1-16-5-3-9(4-6-16)18-12-8-13(17-2)11(15)7-10(12)14/h7-9H,3-6,15H2,1-2H3. The van der Waals surface area contributed by atoms with Gasteiger partial charge in [0.2, 0.25) is 0 Å². The van der Waals surface area contributed by atoms with E-state index in [1.54, 1.807) is 0 Å². The van der Waals surface area contributed by atoms with Crippen LogP contribution in [0.25, 0.3) is 0 Å². The van der Waals surface area contributed by atoms with E-state index in [1.807, 2.05) is 0 Å². The van der Waals surface area contributed by atoms with Crippen LogP contribution < -0.4 is 15.2 Å². The molecule has 0 unspecified atom stereocenters. The molecule has 100 valence electrons. The highest BCUT2D eigenvalue weighted by atomic mass is 19.1. The van der Waals surface area contributed by atoms with E-state index in [0.717, 1.165) is 25.9 Å². The number of halogens is 1. The predicted octanol–water partition coefficient (Wildman–Crippen LogP) is 1.89. The van der Waals surface area contributed by atoms with Gasteiger partial charge < -0.3 is 20.1 Å². The van der Waals surface area contributed by atoms with Crippen molar-refractivity contribution in [2.75, 3.05) is 33.0 Å². The number of piperidine rings is 1. The maximum atomic E-state index is 13.7. The van der Waals surface area contributed by atoms with Crippen molar-refractivity contribution < 1.29 is 13.9 Å². The van der Waals surface area contributed by atoms with Gasteiger partial charge >= 0.3 is 0 Å². The Morgan fingerprint density at radius 2 is 1.94 bits per heavy atom. The molecule has 4 nitrogen and oxygen atoms in total. The smallest absolute Gasteiger partial charge is 0.167 e. The van der Waals surface area contributed by atoms with Gasteiger partial charge in [-0.3, -0.25) is 0 Å². The average Bonchev–Trinajstić information content (AvgIpc) is 2.35. The highest BCUT2D eigenvalue weighted by molar-refractivity contribution is 5.56. The molecule has 1 aromatic carbocycles. The van der Waals surface area contributed by atoms with Crippen molar-refractivity contribution in [2.45, 2.75) is 18.9 Å². The first-order valence-electron chi connectivity index (χ1n) is 6.08. The largest absolute Gasteiger partial charge is 0.494 e. The van der Waals surface area contributed by atoms with Gasteiger partial charge in [0.05, 0.1) is 12.8 Å². The highest BCUT2D eigenvalue weighted by Gasteiger charge is 2.20. The molecule has 2 rings (SSSR count). The van der Waals surface area contributed by atoms with Crippen LogP contribution in [0.3, 0.4) is 0 Å². The lowest BCUT2D eigenvalue weighted by Gasteiger charge is -2.29. The molecule has 0 radical (unpaired) electrons. The fourth-order valence-corrected chi connectivity index (χ4v) is 2.10. The molecule has 1 aromatic rings. The van der Waals surface area contributed by atoms with Gasteiger partial charge in [-0.15, -0.1) is 0 Å². The Morgan fingerprint density at radius 3 is 2.56 bits per heavy atom. The number of anilines is 1. The Morgan fingerprint density at radius 1 is 1.28 bits per heavy atom. The number of ether oxygens (including phenoxy) is 2. The van der Waals surface area contributed by atoms with E-state index in [9.17, 15) is 4.39 Å². The molecular formula is C13H19FN2O2. The summed E-state index contributed by atoms with van der Waals surface area (Å²) in [5, 5.41) is 0. The maximum Gasteiger partial charge on any atom is 0.167 e. The zero-order valence-corrected chi connectivity index (χ0v) is 10.8. The van der Waals surface area contributed by atoms with Gasteiger partial charge in [-0.1, -0.05) is 0 Å². The van der Waals surface area contributed by atoms with Gasteiger partial charge in [-0.2, -0.15) is 0 Å². The summed E-state index contributed by atoms with van der Waals surface area (Å²) in [6, 6.07) is 2.76. The summed E-state index contributed by atoms with van der Waals surface area (Å²) in [4.78, 5) is 2.24. The first kappa shape index (κ1) is 13.0. The van der Waals surface area contributed by atoms with Crippen LogP contribution in [0, 0.1) is 5.82 Å². The second kappa shape index (κ2) is 5.44. The topological polar surface area (TPSA) is 47.7 Å². The molecule has 0 saturated carbocycles. The molecule has 2 N–H and O–H groups in total. The van der Waals surface area contributed by atoms with Crippen LogP contribution in [0.2, 0.25) is 0 Å². The zero-order valence-electron chi connectivity index (χ0n) is 10.8. The van der Waals surface area contributed by atoms with Crippen LogP contribution in [-0.4, -0.2) is 38.3 Å².